The summed E-state index contributed by atoms with van der Waals surface area (Å²) in [6.45, 7) is -4.51. The minimum atomic E-state index is -4.76. The summed E-state index contributed by atoms with van der Waals surface area (Å²) in [7, 11) is 1.44. The van der Waals surface area contributed by atoms with Crippen molar-refractivity contribution >= 4 is 18.6 Å². The Morgan fingerprint density at radius 1 is 1.33 bits per heavy atom. The third-order valence-electron chi connectivity index (χ3n) is 1.86. The Hall–Kier alpha value is -0.675. The lowest BCUT2D eigenvalue weighted by atomic mass is 9.91. The van der Waals surface area contributed by atoms with Crippen LogP contribution in [0.2, 0.25) is 5.02 Å². The third-order valence-corrected chi connectivity index (χ3v) is 2.10. The van der Waals surface area contributed by atoms with Crippen molar-refractivity contribution in [3.63, 3.8) is 0 Å². The van der Waals surface area contributed by atoms with Crippen molar-refractivity contribution in [2.75, 3.05) is 13.5 Å². The molecule has 1 nitrogen and oxygen atoms in total. The molecule has 0 spiro atoms. The molecule has 0 saturated carbocycles. The number of hydrogen-bond acceptors (Lipinski definition) is 1. The van der Waals surface area contributed by atoms with Gasteiger partial charge < -0.3 is 17.8 Å². The van der Waals surface area contributed by atoms with E-state index in [4.69, 9.17) is 11.6 Å². The van der Waals surface area contributed by atoms with E-state index in [0.717, 1.165) is 5.56 Å². The minimum absolute atomic E-state index is 0.252. The van der Waals surface area contributed by atoms with Gasteiger partial charge in [0.2, 0.25) is 0 Å². The molecular formula is C9H11BClF3N-. The van der Waals surface area contributed by atoms with E-state index in [2.05, 4.69) is 0 Å². The van der Waals surface area contributed by atoms with Gasteiger partial charge in [-0.1, -0.05) is 23.7 Å². The Balaban J connectivity index is 2.55. The highest BCUT2D eigenvalue weighted by atomic mass is 35.5. The second-order valence-corrected chi connectivity index (χ2v) is 3.97. The van der Waals surface area contributed by atoms with E-state index in [1.165, 1.54) is 11.9 Å². The zero-order valence-corrected chi connectivity index (χ0v) is 9.02. The first-order chi connectivity index (χ1) is 6.87. The van der Waals surface area contributed by atoms with Crippen LogP contribution in [0.5, 0.6) is 0 Å². The molecule has 0 bridgehead atoms. The maximum absolute atomic E-state index is 12.1. The van der Waals surface area contributed by atoms with Crippen LogP contribution in [0.4, 0.5) is 12.9 Å². The van der Waals surface area contributed by atoms with Crippen molar-refractivity contribution in [2.24, 2.45) is 0 Å². The summed E-state index contributed by atoms with van der Waals surface area (Å²) in [5.74, 6) is 0. The van der Waals surface area contributed by atoms with Gasteiger partial charge in [-0.05, 0) is 31.2 Å². The summed E-state index contributed by atoms with van der Waals surface area (Å²) in [6, 6.07) is 6.84. The molecule has 0 aliphatic heterocycles. The summed E-state index contributed by atoms with van der Waals surface area (Å²) < 4.78 is 36.2. The molecule has 0 unspecified atom stereocenters. The van der Waals surface area contributed by atoms with Crippen molar-refractivity contribution in [3.05, 3.63) is 34.9 Å². The Bertz CT molecular complexity index is 329. The van der Waals surface area contributed by atoms with Crippen molar-refractivity contribution in [2.45, 2.75) is 6.54 Å². The third kappa shape index (κ3) is 5.09. The zero-order valence-electron chi connectivity index (χ0n) is 8.26. The monoisotopic (exact) mass is 236 g/mol. The topological polar surface area (TPSA) is 3.24 Å². The SMILES string of the molecule is CN(Cc1cccc(Cl)c1)C[B-](F)(F)F. The van der Waals surface area contributed by atoms with Crippen LogP contribution in [0.25, 0.3) is 0 Å². The van der Waals surface area contributed by atoms with Crippen LogP contribution in [0, 0.1) is 0 Å². The van der Waals surface area contributed by atoms with E-state index in [1.807, 2.05) is 0 Å². The molecule has 0 heterocycles. The van der Waals surface area contributed by atoms with E-state index in [-0.39, 0.29) is 6.54 Å². The van der Waals surface area contributed by atoms with E-state index in [1.54, 1.807) is 24.3 Å². The van der Waals surface area contributed by atoms with Crippen molar-refractivity contribution < 1.29 is 12.9 Å². The smallest absolute Gasteiger partial charge is 0.448 e. The highest BCUT2D eigenvalue weighted by Gasteiger charge is 2.24. The van der Waals surface area contributed by atoms with Gasteiger partial charge >= 0.3 is 6.98 Å². The van der Waals surface area contributed by atoms with E-state index in [0.29, 0.717) is 5.02 Å². The average Bonchev–Trinajstić information content (AvgIpc) is 1.99. The molecule has 0 saturated heterocycles. The van der Waals surface area contributed by atoms with E-state index < -0.39 is 13.4 Å². The van der Waals surface area contributed by atoms with E-state index in [9.17, 15) is 12.9 Å². The molecule has 0 radical (unpaired) electrons. The second kappa shape index (κ2) is 4.90. The average molecular weight is 236 g/mol. The largest absolute Gasteiger partial charge is 0.492 e. The Morgan fingerprint density at radius 2 is 2.00 bits per heavy atom. The molecule has 0 fully saturated rings. The van der Waals surface area contributed by atoms with Gasteiger partial charge in [-0.2, -0.15) is 0 Å². The first kappa shape index (κ1) is 12.4. The lowest BCUT2D eigenvalue weighted by molar-refractivity contribution is 0.322. The summed E-state index contributed by atoms with van der Waals surface area (Å²) in [4.78, 5) is 1.23. The summed E-state index contributed by atoms with van der Waals surface area (Å²) in [5.41, 5.74) is 0.782. The highest BCUT2D eigenvalue weighted by Crippen LogP contribution is 2.14. The van der Waals surface area contributed by atoms with Gasteiger partial charge in [0.15, 0.2) is 0 Å². The van der Waals surface area contributed by atoms with Gasteiger partial charge in [0.1, 0.15) is 0 Å². The number of hydrogen-bond donors (Lipinski definition) is 0. The summed E-state index contributed by atoms with van der Waals surface area (Å²) in [6.07, 6.45) is -0.855. The first-order valence-electron chi connectivity index (χ1n) is 4.51. The molecule has 6 heteroatoms. The molecule has 84 valence electrons. The molecule has 1 rings (SSSR count). The fourth-order valence-corrected chi connectivity index (χ4v) is 1.58. The standard InChI is InChI=1S/C9H11BClF3N/c1-15(7-10(12,13)14)6-8-3-2-4-9(11)5-8/h2-5H,6-7H2,1H3/q-1. The molecular weight excluding hydrogens is 225 g/mol. The molecule has 0 N–H and O–H groups in total. The number of benzene rings is 1. The highest BCUT2D eigenvalue weighted by molar-refractivity contribution is 6.58. The van der Waals surface area contributed by atoms with Crippen LogP contribution in [-0.4, -0.2) is 25.4 Å². The Kier molecular flexibility index (Phi) is 4.05. The van der Waals surface area contributed by atoms with Crippen molar-refractivity contribution in [1.29, 1.82) is 0 Å². The van der Waals surface area contributed by atoms with Crippen LogP contribution in [-0.2, 0) is 6.54 Å². The maximum atomic E-state index is 12.1. The van der Waals surface area contributed by atoms with Gasteiger partial charge in [-0.3, -0.25) is 0 Å². The Labute approximate surface area is 91.9 Å². The van der Waals surface area contributed by atoms with Crippen molar-refractivity contribution in [1.82, 2.24) is 4.90 Å². The normalized spacial score (nSPS) is 12.1. The van der Waals surface area contributed by atoms with Gasteiger partial charge in [0.05, 0.1) is 0 Å². The maximum Gasteiger partial charge on any atom is 0.492 e. The van der Waals surface area contributed by atoms with E-state index >= 15 is 0 Å². The Morgan fingerprint density at radius 3 is 2.53 bits per heavy atom. The molecule has 15 heavy (non-hydrogen) atoms. The van der Waals surface area contributed by atoms with Gasteiger partial charge in [0, 0.05) is 11.6 Å². The fourth-order valence-electron chi connectivity index (χ4n) is 1.36. The molecule has 0 aromatic heterocycles. The number of rotatable bonds is 4. The van der Waals surface area contributed by atoms with Crippen LogP contribution in [0.3, 0.4) is 0 Å². The molecule has 0 amide bonds. The molecule has 1 aromatic rings. The fraction of sp³-hybridized carbons (Fsp3) is 0.333. The number of halogens is 4. The predicted molar refractivity (Wildman–Crippen MR) is 56.9 cm³/mol. The molecule has 0 aliphatic rings. The van der Waals surface area contributed by atoms with Gasteiger partial charge in [-0.25, -0.2) is 0 Å². The van der Waals surface area contributed by atoms with Crippen LogP contribution >= 0.6 is 11.6 Å². The van der Waals surface area contributed by atoms with Crippen LogP contribution in [0.1, 0.15) is 5.56 Å². The summed E-state index contributed by atoms with van der Waals surface area (Å²) >= 11 is 5.72. The minimum Gasteiger partial charge on any atom is -0.448 e. The second-order valence-electron chi connectivity index (χ2n) is 3.54. The van der Waals surface area contributed by atoms with Gasteiger partial charge in [0.25, 0.3) is 0 Å². The van der Waals surface area contributed by atoms with Crippen molar-refractivity contribution in [3.8, 4) is 0 Å². The molecule has 0 aliphatic carbocycles. The predicted octanol–water partition coefficient (Wildman–Crippen LogP) is 3.16. The van der Waals surface area contributed by atoms with Crippen LogP contribution < -0.4 is 0 Å². The lowest BCUT2D eigenvalue weighted by Crippen LogP contribution is -2.35. The molecule has 1 aromatic carbocycles. The zero-order chi connectivity index (χ0) is 11.5. The van der Waals surface area contributed by atoms with Crippen LogP contribution in [0.15, 0.2) is 24.3 Å². The number of nitrogens with zero attached hydrogens (tertiary/aromatic N) is 1. The lowest BCUT2D eigenvalue weighted by Gasteiger charge is -2.23. The molecule has 0 atom stereocenters. The quantitative estimate of drug-likeness (QED) is 0.726. The first-order valence-corrected chi connectivity index (χ1v) is 4.88. The van der Waals surface area contributed by atoms with Gasteiger partial charge in [-0.15, -0.1) is 0 Å². The summed E-state index contributed by atoms with van der Waals surface area (Å²) in [5, 5.41) is 0.540.